The average molecular weight is 261 g/mol. The molecule has 0 aliphatic carbocycles. The molecule has 0 spiro atoms. The first-order valence-corrected chi connectivity index (χ1v) is 6.57. The van der Waals surface area contributed by atoms with Crippen molar-refractivity contribution in [3.05, 3.63) is 29.3 Å². The summed E-state index contributed by atoms with van der Waals surface area (Å²) in [6, 6.07) is 6.18. The molecule has 1 aromatic carbocycles. The number of carbonyl (C=O) groups is 2. The molecule has 102 valence electrons. The van der Waals surface area contributed by atoms with Crippen molar-refractivity contribution in [1.82, 2.24) is 0 Å². The Morgan fingerprint density at radius 3 is 2.89 bits per heavy atom. The van der Waals surface area contributed by atoms with Crippen molar-refractivity contribution in [1.29, 1.82) is 0 Å². The van der Waals surface area contributed by atoms with E-state index in [-0.39, 0.29) is 11.9 Å². The topological polar surface area (TPSA) is 46.6 Å². The Morgan fingerprint density at radius 1 is 1.37 bits per heavy atom. The molecular formula is C15H19NO3. The fourth-order valence-electron chi connectivity index (χ4n) is 2.40. The molecule has 0 saturated carbocycles. The smallest absolute Gasteiger partial charge is 0.305 e. The first-order chi connectivity index (χ1) is 9.11. The molecule has 2 rings (SSSR count). The lowest BCUT2D eigenvalue weighted by atomic mass is 9.97. The molecule has 0 N–H and O–H groups in total. The number of carbonyl (C=O) groups excluding carboxylic acids is 2. The van der Waals surface area contributed by atoms with Crippen LogP contribution < -0.4 is 4.90 Å². The zero-order chi connectivity index (χ0) is 13.8. The summed E-state index contributed by atoms with van der Waals surface area (Å²) < 4.78 is 4.62. The molecule has 0 radical (unpaired) electrons. The van der Waals surface area contributed by atoms with Gasteiger partial charge in [0.2, 0.25) is 5.91 Å². The number of nitrogens with zero attached hydrogens (tertiary/aromatic N) is 1. The van der Waals surface area contributed by atoms with Gasteiger partial charge in [-0.1, -0.05) is 12.1 Å². The van der Waals surface area contributed by atoms with Gasteiger partial charge in [0.05, 0.1) is 7.11 Å². The van der Waals surface area contributed by atoms with Crippen LogP contribution in [0.1, 0.15) is 30.4 Å². The third kappa shape index (κ3) is 3.13. The highest BCUT2D eigenvalue weighted by Gasteiger charge is 2.20. The Bertz CT molecular complexity index is 496. The van der Waals surface area contributed by atoms with Gasteiger partial charge in [-0.25, -0.2) is 0 Å². The monoisotopic (exact) mass is 261 g/mol. The highest BCUT2D eigenvalue weighted by molar-refractivity contribution is 5.95. The van der Waals surface area contributed by atoms with Crippen LogP contribution in [0, 0.1) is 0 Å². The molecule has 19 heavy (non-hydrogen) atoms. The second-order valence-electron chi connectivity index (χ2n) is 4.85. The van der Waals surface area contributed by atoms with E-state index in [0.717, 1.165) is 24.9 Å². The van der Waals surface area contributed by atoms with E-state index in [2.05, 4.69) is 10.8 Å². The van der Waals surface area contributed by atoms with Crippen LogP contribution in [0.3, 0.4) is 0 Å². The van der Waals surface area contributed by atoms with Crippen molar-refractivity contribution in [3.63, 3.8) is 0 Å². The molecule has 0 atom stereocenters. The number of ether oxygens (including phenoxy) is 1. The summed E-state index contributed by atoms with van der Waals surface area (Å²) in [5, 5.41) is 0. The van der Waals surface area contributed by atoms with Crippen LogP contribution >= 0.6 is 0 Å². The fraction of sp³-hybridized carbons (Fsp3) is 0.467. The number of rotatable bonds is 4. The van der Waals surface area contributed by atoms with E-state index in [1.54, 1.807) is 4.90 Å². The molecular weight excluding hydrogens is 242 g/mol. The van der Waals surface area contributed by atoms with E-state index in [1.807, 2.05) is 19.2 Å². The second kappa shape index (κ2) is 5.87. The van der Waals surface area contributed by atoms with Crippen molar-refractivity contribution in [2.24, 2.45) is 0 Å². The minimum atomic E-state index is -0.164. The predicted octanol–water partition coefficient (Wildman–Crippen LogP) is 2.09. The van der Waals surface area contributed by atoms with Gasteiger partial charge >= 0.3 is 5.97 Å². The Kier molecular flexibility index (Phi) is 4.20. The second-order valence-corrected chi connectivity index (χ2v) is 4.85. The lowest BCUT2D eigenvalue weighted by molar-refractivity contribution is -0.140. The third-order valence-corrected chi connectivity index (χ3v) is 3.56. The number of hydrogen-bond donors (Lipinski definition) is 0. The Labute approximate surface area is 113 Å². The van der Waals surface area contributed by atoms with Crippen LogP contribution in [0.25, 0.3) is 0 Å². The van der Waals surface area contributed by atoms with Crippen molar-refractivity contribution >= 4 is 17.6 Å². The van der Waals surface area contributed by atoms with Gasteiger partial charge in [0.1, 0.15) is 0 Å². The van der Waals surface area contributed by atoms with Gasteiger partial charge in [-0.05, 0) is 36.5 Å². The quantitative estimate of drug-likeness (QED) is 0.780. The van der Waals surface area contributed by atoms with E-state index in [0.29, 0.717) is 12.8 Å². The molecule has 1 aliphatic rings. The van der Waals surface area contributed by atoms with Crippen LogP contribution in [0.4, 0.5) is 5.69 Å². The maximum absolute atomic E-state index is 11.6. The zero-order valence-corrected chi connectivity index (χ0v) is 11.4. The molecule has 1 aliphatic heterocycles. The Morgan fingerprint density at radius 2 is 2.16 bits per heavy atom. The van der Waals surface area contributed by atoms with Gasteiger partial charge in [-0.3, -0.25) is 9.59 Å². The van der Waals surface area contributed by atoms with Gasteiger partial charge in [-0.2, -0.15) is 0 Å². The lowest BCUT2D eigenvalue weighted by Crippen LogP contribution is -2.31. The number of fused-ring (bicyclic) bond motifs is 1. The van der Waals surface area contributed by atoms with Crippen molar-refractivity contribution < 1.29 is 14.3 Å². The zero-order valence-electron chi connectivity index (χ0n) is 11.4. The standard InChI is InChI=1S/C15H19NO3/c1-16-13-8-6-11(4-3-5-15(18)19-2)10-12(13)7-9-14(16)17/h6,8,10H,3-5,7,9H2,1-2H3. The summed E-state index contributed by atoms with van der Waals surface area (Å²) in [6.07, 6.45) is 3.49. The molecule has 4 heteroatoms. The molecule has 0 saturated heterocycles. The summed E-state index contributed by atoms with van der Waals surface area (Å²) >= 11 is 0. The van der Waals surface area contributed by atoms with Gasteiger partial charge < -0.3 is 9.64 Å². The first kappa shape index (κ1) is 13.6. The van der Waals surface area contributed by atoms with Gasteiger partial charge in [-0.15, -0.1) is 0 Å². The normalized spacial score (nSPS) is 14.2. The highest BCUT2D eigenvalue weighted by Crippen LogP contribution is 2.27. The fourth-order valence-corrected chi connectivity index (χ4v) is 2.40. The number of benzene rings is 1. The molecule has 4 nitrogen and oxygen atoms in total. The van der Waals surface area contributed by atoms with E-state index >= 15 is 0 Å². The summed E-state index contributed by atoms with van der Waals surface area (Å²) in [5.74, 6) is 0.00855. The number of aryl methyl sites for hydroxylation is 2. The Balaban J connectivity index is 2.01. The summed E-state index contributed by atoms with van der Waals surface area (Å²) in [4.78, 5) is 24.4. The van der Waals surface area contributed by atoms with Crippen LogP contribution in [0.15, 0.2) is 18.2 Å². The van der Waals surface area contributed by atoms with E-state index < -0.39 is 0 Å². The largest absolute Gasteiger partial charge is 0.469 e. The Hall–Kier alpha value is -1.84. The van der Waals surface area contributed by atoms with E-state index in [1.165, 1.54) is 18.2 Å². The average Bonchev–Trinajstić information content (AvgIpc) is 2.43. The number of esters is 1. The van der Waals surface area contributed by atoms with Gasteiger partial charge in [0.15, 0.2) is 0 Å². The SMILES string of the molecule is COC(=O)CCCc1ccc2c(c1)CCC(=O)N2C. The van der Waals surface area contributed by atoms with E-state index in [9.17, 15) is 9.59 Å². The maximum atomic E-state index is 11.6. The molecule has 0 unspecified atom stereocenters. The summed E-state index contributed by atoms with van der Waals surface area (Å²) in [7, 11) is 3.23. The minimum Gasteiger partial charge on any atom is -0.469 e. The van der Waals surface area contributed by atoms with Crippen molar-refractivity contribution in [2.75, 3.05) is 19.1 Å². The van der Waals surface area contributed by atoms with Crippen molar-refractivity contribution in [2.45, 2.75) is 32.1 Å². The number of methoxy groups -OCH3 is 1. The van der Waals surface area contributed by atoms with Crippen LogP contribution in [-0.4, -0.2) is 26.0 Å². The van der Waals surface area contributed by atoms with Gasteiger partial charge in [0, 0.05) is 25.6 Å². The first-order valence-electron chi connectivity index (χ1n) is 6.57. The highest BCUT2D eigenvalue weighted by atomic mass is 16.5. The molecule has 0 bridgehead atoms. The molecule has 1 aromatic rings. The summed E-state index contributed by atoms with van der Waals surface area (Å²) in [5.41, 5.74) is 3.44. The molecule has 0 aromatic heterocycles. The predicted molar refractivity (Wildman–Crippen MR) is 73.1 cm³/mol. The minimum absolute atomic E-state index is 0.164. The number of hydrogen-bond acceptors (Lipinski definition) is 3. The molecule has 1 heterocycles. The van der Waals surface area contributed by atoms with E-state index in [4.69, 9.17) is 0 Å². The lowest BCUT2D eigenvalue weighted by Gasteiger charge is -2.26. The third-order valence-electron chi connectivity index (χ3n) is 3.56. The number of amides is 1. The van der Waals surface area contributed by atoms with Crippen LogP contribution in [0.5, 0.6) is 0 Å². The summed E-state index contributed by atoms with van der Waals surface area (Å²) in [6.45, 7) is 0. The maximum Gasteiger partial charge on any atom is 0.305 e. The molecule has 0 fully saturated rings. The number of anilines is 1. The van der Waals surface area contributed by atoms with Crippen LogP contribution in [-0.2, 0) is 27.2 Å². The molecule has 1 amide bonds. The van der Waals surface area contributed by atoms with Gasteiger partial charge in [0.25, 0.3) is 0 Å². The van der Waals surface area contributed by atoms with Crippen LogP contribution in [0.2, 0.25) is 0 Å². The van der Waals surface area contributed by atoms with Crippen molar-refractivity contribution in [3.8, 4) is 0 Å².